The average Bonchev–Trinajstić information content (AvgIpc) is 2.76. The van der Waals surface area contributed by atoms with Gasteiger partial charge in [-0.05, 0) is 26.0 Å². The number of nitrogens with two attached hydrogens (primary N) is 1. The molecule has 0 saturated heterocycles. The summed E-state index contributed by atoms with van der Waals surface area (Å²) in [5, 5.41) is 2.79. The van der Waals surface area contributed by atoms with E-state index in [1.54, 1.807) is 51.4 Å². The second-order valence-corrected chi connectivity index (χ2v) is 5.37. The van der Waals surface area contributed by atoms with Crippen LogP contribution in [0.2, 0.25) is 0 Å². The monoisotopic (exact) mass is 418 g/mol. The highest BCUT2D eigenvalue weighted by molar-refractivity contribution is 6.14. The molecule has 0 atom stereocenters. The Balaban J connectivity index is 0.000000414. The summed E-state index contributed by atoms with van der Waals surface area (Å²) in [5.41, 5.74) is 6.38. The lowest BCUT2D eigenvalue weighted by Gasteiger charge is -2.07. The summed E-state index contributed by atoms with van der Waals surface area (Å²) in [6, 6.07) is 6.79. The van der Waals surface area contributed by atoms with Crippen molar-refractivity contribution in [3.8, 4) is 11.8 Å². The number of anilines is 2. The molecule has 0 radical (unpaired) electrons. The van der Waals surface area contributed by atoms with Gasteiger partial charge >= 0.3 is 11.9 Å². The largest absolute Gasteiger partial charge is 0.481 e. The highest BCUT2D eigenvalue weighted by Gasteiger charge is 2.20. The maximum Gasteiger partial charge on any atom is 0.347 e. The predicted octanol–water partition coefficient (Wildman–Crippen LogP) is 2.18. The van der Waals surface area contributed by atoms with Gasteiger partial charge in [-0.15, -0.1) is 0 Å². The van der Waals surface area contributed by atoms with Crippen molar-refractivity contribution in [2.24, 2.45) is 0 Å². The number of esters is 2. The van der Waals surface area contributed by atoms with E-state index in [4.69, 9.17) is 24.7 Å². The summed E-state index contributed by atoms with van der Waals surface area (Å²) in [4.78, 5) is 31.3. The minimum Gasteiger partial charge on any atom is -0.481 e. The van der Waals surface area contributed by atoms with Gasteiger partial charge in [0, 0.05) is 18.3 Å². The molecular weight excluding hydrogens is 392 g/mol. The zero-order valence-electron chi connectivity index (χ0n) is 17.4. The number of pyridine rings is 2. The number of nitrogens with zero attached hydrogens (tertiary/aromatic N) is 2. The van der Waals surface area contributed by atoms with E-state index in [9.17, 15) is 9.59 Å². The summed E-state index contributed by atoms with van der Waals surface area (Å²) >= 11 is 0. The smallest absolute Gasteiger partial charge is 0.347 e. The Morgan fingerprint density at radius 1 is 0.933 bits per heavy atom. The van der Waals surface area contributed by atoms with Crippen LogP contribution < -0.4 is 20.5 Å². The molecule has 0 saturated carbocycles. The van der Waals surface area contributed by atoms with Crippen LogP contribution in [-0.4, -0.2) is 49.3 Å². The van der Waals surface area contributed by atoms with Crippen molar-refractivity contribution < 1.29 is 28.5 Å². The molecule has 10 nitrogen and oxygen atoms in total. The first kappa shape index (κ1) is 24.2. The molecule has 0 amide bonds. The van der Waals surface area contributed by atoms with E-state index in [0.717, 1.165) is 0 Å². The van der Waals surface area contributed by atoms with Crippen LogP contribution in [0.15, 0.2) is 48.4 Å². The molecule has 2 rings (SSSR count). The first-order chi connectivity index (χ1) is 14.4. The lowest BCUT2D eigenvalue weighted by molar-refractivity contribution is -0.146. The summed E-state index contributed by atoms with van der Waals surface area (Å²) in [6.45, 7) is 3.64. The molecule has 162 valence electrons. The minimum atomic E-state index is -0.745. The third kappa shape index (κ3) is 8.46. The van der Waals surface area contributed by atoms with Crippen molar-refractivity contribution in [2.45, 2.75) is 13.8 Å². The lowest BCUT2D eigenvalue weighted by Crippen LogP contribution is -2.19. The SMILES string of the molecule is CCOC(=O)C(=CNc1ccc(OC)nc1)C(=O)OCC.COc1ccc(N)cn1. The molecular formula is C20H26N4O6. The number of nitrogens with one attached hydrogen (secondary N) is 1. The predicted molar refractivity (Wildman–Crippen MR) is 111 cm³/mol. The molecule has 0 bridgehead atoms. The summed E-state index contributed by atoms with van der Waals surface area (Å²) in [5.74, 6) is -0.445. The highest BCUT2D eigenvalue weighted by atomic mass is 16.6. The van der Waals surface area contributed by atoms with Gasteiger partial charge in [0.25, 0.3) is 0 Å². The number of aromatic nitrogens is 2. The third-order valence-electron chi connectivity index (χ3n) is 3.29. The normalized spacial score (nSPS) is 9.33. The van der Waals surface area contributed by atoms with E-state index in [2.05, 4.69) is 15.3 Å². The quantitative estimate of drug-likeness (QED) is 0.284. The Labute approximate surface area is 175 Å². The van der Waals surface area contributed by atoms with E-state index < -0.39 is 11.9 Å². The first-order valence-corrected chi connectivity index (χ1v) is 9.01. The van der Waals surface area contributed by atoms with Crippen LogP contribution in [-0.2, 0) is 19.1 Å². The molecule has 0 aliphatic carbocycles. The van der Waals surface area contributed by atoms with Gasteiger partial charge in [-0.1, -0.05) is 0 Å². The Kier molecular flexibility index (Phi) is 10.8. The Morgan fingerprint density at radius 2 is 1.47 bits per heavy atom. The molecule has 30 heavy (non-hydrogen) atoms. The Hall–Kier alpha value is -3.82. The van der Waals surface area contributed by atoms with Crippen LogP contribution in [0, 0.1) is 0 Å². The summed E-state index contributed by atoms with van der Waals surface area (Å²) < 4.78 is 19.4. The molecule has 2 aromatic heterocycles. The van der Waals surface area contributed by atoms with E-state index in [-0.39, 0.29) is 18.8 Å². The fourth-order valence-electron chi connectivity index (χ4n) is 1.87. The minimum absolute atomic E-state index is 0.166. The van der Waals surface area contributed by atoms with Gasteiger partial charge in [-0.2, -0.15) is 0 Å². The number of ether oxygens (including phenoxy) is 4. The molecule has 0 aliphatic rings. The zero-order chi connectivity index (χ0) is 22.4. The van der Waals surface area contributed by atoms with Gasteiger partial charge in [0.1, 0.15) is 0 Å². The number of nitrogen functional groups attached to an aromatic ring is 1. The van der Waals surface area contributed by atoms with Crippen LogP contribution in [0.1, 0.15) is 13.8 Å². The lowest BCUT2D eigenvalue weighted by atomic mass is 10.3. The maximum absolute atomic E-state index is 11.7. The van der Waals surface area contributed by atoms with Crippen LogP contribution >= 0.6 is 0 Å². The van der Waals surface area contributed by atoms with Crippen molar-refractivity contribution in [1.82, 2.24) is 9.97 Å². The maximum atomic E-state index is 11.7. The fourth-order valence-corrected chi connectivity index (χ4v) is 1.87. The Morgan fingerprint density at radius 3 is 1.87 bits per heavy atom. The molecule has 10 heteroatoms. The average molecular weight is 418 g/mol. The van der Waals surface area contributed by atoms with Crippen LogP contribution in [0.4, 0.5) is 11.4 Å². The van der Waals surface area contributed by atoms with Crippen molar-refractivity contribution in [3.05, 3.63) is 48.4 Å². The number of hydrogen-bond donors (Lipinski definition) is 2. The van der Waals surface area contributed by atoms with Crippen LogP contribution in [0.3, 0.4) is 0 Å². The molecule has 0 spiro atoms. The van der Waals surface area contributed by atoms with Gasteiger partial charge in [-0.25, -0.2) is 19.6 Å². The van der Waals surface area contributed by atoms with Crippen LogP contribution in [0.25, 0.3) is 0 Å². The van der Waals surface area contributed by atoms with Crippen LogP contribution in [0.5, 0.6) is 11.8 Å². The van der Waals surface area contributed by atoms with Crippen molar-refractivity contribution >= 4 is 23.3 Å². The van der Waals surface area contributed by atoms with E-state index in [1.165, 1.54) is 19.5 Å². The molecule has 0 aliphatic heterocycles. The van der Waals surface area contributed by atoms with E-state index in [0.29, 0.717) is 23.1 Å². The van der Waals surface area contributed by atoms with Gasteiger partial charge in [0.05, 0.1) is 51.2 Å². The van der Waals surface area contributed by atoms with Gasteiger partial charge in [0.15, 0.2) is 5.57 Å². The van der Waals surface area contributed by atoms with Gasteiger partial charge in [0.2, 0.25) is 11.8 Å². The number of hydrogen-bond acceptors (Lipinski definition) is 10. The van der Waals surface area contributed by atoms with Crippen molar-refractivity contribution in [3.63, 3.8) is 0 Å². The Bertz CT molecular complexity index is 802. The molecule has 3 N–H and O–H groups in total. The molecule has 0 aromatic carbocycles. The van der Waals surface area contributed by atoms with Gasteiger partial charge < -0.3 is 30.0 Å². The highest BCUT2D eigenvalue weighted by Crippen LogP contribution is 2.12. The van der Waals surface area contributed by atoms with E-state index in [1.807, 2.05) is 0 Å². The third-order valence-corrected chi connectivity index (χ3v) is 3.29. The second-order valence-electron chi connectivity index (χ2n) is 5.37. The van der Waals surface area contributed by atoms with Crippen molar-refractivity contribution in [1.29, 1.82) is 0 Å². The number of carbonyl (C=O) groups is 2. The molecule has 0 fully saturated rings. The first-order valence-electron chi connectivity index (χ1n) is 9.01. The van der Waals surface area contributed by atoms with Crippen molar-refractivity contribution in [2.75, 3.05) is 38.5 Å². The standard InChI is InChI=1S/C14H18N2O5.C6H8N2O/c1-4-20-13(17)11(14(18)21-5-2)9-15-10-6-7-12(19-3)16-8-10;1-9-6-3-2-5(7)4-8-6/h6-9,15H,4-5H2,1-3H3;2-4H,7H2,1H3. The fraction of sp³-hybridized carbons (Fsp3) is 0.300. The second kappa shape index (κ2) is 13.4. The summed E-state index contributed by atoms with van der Waals surface area (Å²) in [6.07, 6.45) is 4.29. The van der Waals surface area contributed by atoms with Gasteiger partial charge in [-0.3, -0.25) is 0 Å². The zero-order valence-corrected chi connectivity index (χ0v) is 17.4. The summed E-state index contributed by atoms with van der Waals surface area (Å²) in [7, 11) is 3.08. The topological polar surface area (TPSA) is 135 Å². The number of rotatable bonds is 8. The number of carbonyl (C=O) groups excluding carboxylic acids is 2. The van der Waals surface area contributed by atoms with E-state index >= 15 is 0 Å². The molecule has 0 unspecified atom stereocenters. The number of methoxy groups -OCH3 is 2. The molecule has 2 heterocycles. The molecule has 2 aromatic rings.